The Morgan fingerprint density at radius 2 is 1.58 bits per heavy atom. The maximum absolute atomic E-state index is 12.7. The third kappa shape index (κ3) is 4.52. The molecule has 8 nitrogen and oxygen atoms in total. The molecule has 0 aliphatic carbocycles. The Bertz CT molecular complexity index is 1110. The van der Waals surface area contributed by atoms with Crippen molar-refractivity contribution in [3.63, 3.8) is 0 Å². The summed E-state index contributed by atoms with van der Waals surface area (Å²) in [5.41, 5.74) is 1.55. The molecule has 0 aromatic heterocycles. The zero-order valence-corrected chi connectivity index (χ0v) is 17.7. The van der Waals surface area contributed by atoms with Crippen molar-refractivity contribution in [3.05, 3.63) is 59.7 Å². The lowest BCUT2D eigenvalue weighted by atomic mass is 10.1. The van der Waals surface area contributed by atoms with Gasteiger partial charge in [-0.3, -0.25) is 19.3 Å². The highest BCUT2D eigenvalue weighted by Crippen LogP contribution is 2.22. The predicted octanol–water partition coefficient (Wildman–Crippen LogP) is 2.37. The lowest BCUT2D eigenvalue weighted by Gasteiger charge is -2.16. The molecule has 1 N–H and O–H groups in total. The summed E-state index contributed by atoms with van der Waals surface area (Å²) in [5.74, 6) is -0.770. The second-order valence-corrected chi connectivity index (χ2v) is 9.60. The van der Waals surface area contributed by atoms with E-state index < -0.39 is 15.9 Å². The summed E-state index contributed by atoms with van der Waals surface area (Å²) >= 11 is 0. The number of benzene rings is 2. The quantitative estimate of drug-likeness (QED) is 0.693. The number of nitrogens with zero attached hydrogens (tertiary/aromatic N) is 2. The van der Waals surface area contributed by atoms with Crippen molar-refractivity contribution in [1.29, 1.82) is 0 Å². The maximum atomic E-state index is 12.7. The molecule has 9 heteroatoms. The average molecular weight is 442 g/mol. The van der Waals surface area contributed by atoms with Crippen LogP contribution in [0.5, 0.6) is 0 Å². The molecule has 2 fully saturated rings. The molecule has 0 radical (unpaired) electrons. The van der Waals surface area contributed by atoms with E-state index in [1.807, 2.05) is 0 Å². The summed E-state index contributed by atoms with van der Waals surface area (Å²) in [4.78, 5) is 37.5. The summed E-state index contributed by atoms with van der Waals surface area (Å²) < 4.78 is 26.9. The smallest absolute Gasteiger partial charge is 0.255 e. The van der Waals surface area contributed by atoms with Crippen LogP contribution in [-0.4, -0.2) is 48.4 Å². The largest absolute Gasteiger partial charge is 0.322 e. The number of hydrogen-bond acceptors (Lipinski definition) is 5. The topological polar surface area (TPSA) is 104 Å². The standard InChI is InChI=1S/C22H23N3O5S/c26-20-10-11-21(27)25(20)15-16-6-8-18(9-7-16)23-22(28)17-4-3-5-19(14-17)31(29,30)24-12-1-2-13-24/h3-9,14H,1-2,10-13,15H2,(H,23,28). The fourth-order valence-electron chi connectivity index (χ4n) is 3.75. The molecule has 0 atom stereocenters. The van der Waals surface area contributed by atoms with Gasteiger partial charge in [-0.05, 0) is 48.7 Å². The lowest BCUT2D eigenvalue weighted by molar-refractivity contribution is -0.139. The number of carbonyl (C=O) groups is 3. The van der Waals surface area contributed by atoms with Crippen molar-refractivity contribution in [1.82, 2.24) is 9.21 Å². The number of rotatable bonds is 6. The van der Waals surface area contributed by atoms with Gasteiger partial charge >= 0.3 is 0 Å². The van der Waals surface area contributed by atoms with E-state index in [1.54, 1.807) is 36.4 Å². The number of hydrogen-bond donors (Lipinski definition) is 1. The van der Waals surface area contributed by atoms with Crippen LogP contribution in [0.3, 0.4) is 0 Å². The Morgan fingerprint density at radius 1 is 0.935 bits per heavy atom. The Balaban J connectivity index is 1.44. The SMILES string of the molecule is O=C(Nc1ccc(CN2C(=O)CCC2=O)cc1)c1cccc(S(=O)(=O)N2CCCC2)c1. The summed E-state index contributed by atoms with van der Waals surface area (Å²) in [5, 5.41) is 2.75. The van der Waals surface area contributed by atoms with Gasteiger partial charge < -0.3 is 5.32 Å². The highest BCUT2D eigenvalue weighted by atomic mass is 32.2. The van der Waals surface area contributed by atoms with E-state index in [-0.39, 0.29) is 41.7 Å². The van der Waals surface area contributed by atoms with E-state index >= 15 is 0 Å². The number of anilines is 1. The van der Waals surface area contributed by atoms with Gasteiger partial charge in [-0.1, -0.05) is 18.2 Å². The van der Waals surface area contributed by atoms with Gasteiger partial charge in [0.15, 0.2) is 0 Å². The number of likely N-dealkylation sites (tertiary alicyclic amines) is 1. The Kier molecular flexibility index (Phi) is 5.88. The highest BCUT2D eigenvalue weighted by Gasteiger charge is 2.29. The first-order chi connectivity index (χ1) is 14.8. The molecule has 0 saturated carbocycles. The van der Waals surface area contributed by atoms with Gasteiger partial charge in [0.05, 0.1) is 11.4 Å². The maximum Gasteiger partial charge on any atom is 0.255 e. The fourth-order valence-corrected chi connectivity index (χ4v) is 5.32. The molecular formula is C22H23N3O5S. The molecule has 162 valence electrons. The molecule has 2 aliphatic heterocycles. The van der Waals surface area contributed by atoms with E-state index in [0.29, 0.717) is 18.8 Å². The first-order valence-corrected chi connectivity index (χ1v) is 11.6. The van der Waals surface area contributed by atoms with E-state index in [1.165, 1.54) is 21.3 Å². The van der Waals surface area contributed by atoms with Gasteiger partial charge in [0.2, 0.25) is 21.8 Å². The molecule has 0 spiro atoms. The normalized spacial score (nSPS) is 17.4. The van der Waals surface area contributed by atoms with Gasteiger partial charge in [-0.15, -0.1) is 0 Å². The second kappa shape index (κ2) is 8.60. The number of imide groups is 1. The minimum Gasteiger partial charge on any atom is -0.322 e. The zero-order valence-electron chi connectivity index (χ0n) is 16.9. The summed E-state index contributed by atoms with van der Waals surface area (Å²) in [7, 11) is -3.60. The molecule has 0 unspecified atom stereocenters. The van der Waals surface area contributed by atoms with Crippen LogP contribution in [0.25, 0.3) is 0 Å². The second-order valence-electron chi connectivity index (χ2n) is 7.66. The number of sulfonamides is 1. The first kappa shape index (κ1) is 21.2. The zero-order chi connectivity index (χ0) is 22.0. The summed E-state index contributed by atoms with van der Waals surface area (Å²) in [6, 6.07) is 12.9. The third-order valence-electron chi connectivity index (χ3n) is 5.51. The predicted molar refractivity (Wildman–Crippen MR) is 114 cm³/mol. The Morgan fingerprint density at radius 3 is 2.23 bits per heavy atom. The van der Waals surface area contributed by atoms with Crippen molar-refractivity contribution in [2.45, 2.75) is 37.1 Å². The van der Waals surface area contributed by atoms with Crippen LogP contribution in [0.2, 0.25) is 0 Å². The molecule has 2 aliphatic rings. The van der Waals surface area contributed by atoms with Crippen LogP contribution in [0.15, 0.2) is 53.4 Å². The minimum atomic E-state index is -3.60. The first-order valence-electron chi connectivity index (χ1n) is 10.2. The lowest BCUT2D eigenvalue weighted by Crippen LogP contribution is -2.28. The van der Waals surface area contributed by atoms with E-state index in [0.717, 1.165) is 18.4 Å². The highest BCUT2D eigenvalue weighted by molar-refractivity contribution is 7.89. The van der Waals surface area contributed by atoms with Crippen LogP contribution in [0.1, 0.15) is 41.6 Å². The minimum absolute atomic E-state index is 0.109. The van der Waals surface area contributed by atoms with Crippen LogP contribution < -0.4 is 5.32 Å². The Labute approximate surface area is 180 Å². The van der Waals surface area contributed by atoms with Gasteiger partial charge in [-0.2, -0.15) is 4.31 Å². The number of nitrogens with one attached hydrogen (secondary N) is 1. The monoisotopic (exact) mass is 441 g/mol. The molecule has 2 saturated heterocycles. The average Bonchev–Trinajstić information content (AvgIpc) is 3.42. The Hall–Kier alpha value is -3.04. The molecular weight excluding hydrogens is 418 g/mol. The van der Waals surface area contributed by atoms with Gasteiger partial charge in [-0.25, -0.2) is 8.42 Å². The van der Waals surface area contributed by atoms with Crippen molar-refractivity contribution >= 4 is 33.4 Å². The van der Waals surface area contributed by atoms with Crippen LogP contribution in [0.4, 0.5) is 5.69 Å². The molecule has 3 amide bonds. The van der Waals surface area contributed by atoms with Crippen LogP contribution in [0, 0.1) is 0 Å². The summed E-state index contributed by atoms with van der Waals surface area (Å²) in [6.07, 6.45) is 2.18. The number of carbonyl (C=O) groups excluding carboxylic acids is 3. The molecule has 0 bridgehead atoms. The van der Waals surface area contributed by atoms with Crippen molar-refractivity contribution < 1.29 is 22.8 Å². The van der Waals surface area contributed by atoms with E-state index in [9.17, 15) is 22.8 Å². The van der Waals surface area contributed by atoms with Crippen molar-refractivity contribution in [2.24, 2.45) is 0 Å². The van der Waals surface area contributed by atoms with Gasteiger partial charge in [0.1, 0.15) is 0 Å². The van der Waals surface area contributed by atoms with Crippen molar-refractivity contribution in [2.75, 3.05) is 18.4 Å². The third-order valence-corrected chi connectivity index (χ3v) is 7.40. The molecule has 2 heterocycles. The van der Waals surface area contributed by atoms with Crippen LogP contribution >= 0.6 is 0 Å². The van der Waals surface area contributed by atoms with Gasteiger partial charge in [0.25, 0.3) is 5.91 Å². The molecule has 2 aromatic carbocycles. The van der Waals surface area contributed by atoms with Gasteiger partial charge in [0, 0.05) is 37.2 Å². The molecule has 31 heavy (non-hydrogen) atoms. The fraction of sp³-hybridized carbons (Fsp3) is 0.318. The summed E-state index contributed by atoms with van der Waals surface area (Å²) in [6.45, 7) is 1.21. The van der Waals surface area contributed by atoms with E-state index in [2.05, 4.69) is 5.32 Å². The van der Waals surface area contributed by atoms with E-state index in [4.69, 9.17) is 0 Å². The van der Waals surface area contributed by atoms with Crippen molar-refractivity contribution in [3.8, 4) is 0 Å². The van der Waals surface area contributed by atoms with Crippen LogP contribution in [-0.2, 0) is 26.2 Å². The molecule has 4 rings (SSSR count). The molecule has 2 aromatic rings. The number of amides is 3.